The van der Waals surface area contributed by atoms with Crippen molar-refractivity contribution >= 4 is 34.8 Å². The fraction of sp³-hybridized carbons (Fsp3) is 0.227. The van der Waals surface area contributed by atoms with Gasteiger partial charge in [0, 0.05) is 47.8 Å². The Balaban J connectivity index is 1.34. The van der Waals surface area contributed by atoms with E-state index in [4.69, 9.17) is 16.0 Å². The standard InChI is InChI=1S/C22H20ClN3O3/c23-16-8-6-15(7-9-16)19-14-24-21(29-19)11-10-20(27)25-17-3-1-4-18(13-17)26-12-2-5-22(26)28/h1,3-4,6-9,13-14H,2,5,10-12H2,(H,25,27). The molecule has 29 heavy (non-hydrogen) atoms. The maximum atomic E-state index is 12.3. The van der Waals surface area contributed by atoms with Crippen molar-refractivity contribution in [1.29, 1.82) is 0 Å². The van der Waals surface area contributed by atoms with E-state index in [9.17, 15) is 9.59 Å². The molecule has 0 spiro atoms. The fourth-order valence-electron chi connectivity index (χ4n) is 3.29. The Labute approximate surface area is 173 Å². The van der Waals surface area contributed by atoms with E-state index >= 15 is 0 Å². The highest BCUT2D eigenvalue weighted by atomic mass is 35.5. The Morgan fingerprint density at radius 3 is 2.79 bits per heavy atom. The minimum Gasteiger partial charge on any atom is -0.441 e. The summed E-state index contributed by atoms with van der Waals surface area (Å²) < 4.78 is 5.73. The molecule has 1 aliphatic rings. The molecule has 0 bridgehead atoms. The largest absolute Gasteiger partial charge is 0.441 e. The van der Waals surface area contributed by atoms with E-state index in [1.54, 1.807) is 23.2 Å². The van der Waals surface area contributed by atoms with Crippen LogP contribution < -0.4 is 10.2 Å². The van der Waals surface area contributed by atoms with Gasteiger partial charge in [-0.15, -0.1) is 0 Å². The first-order valence-corrected chi connectivity index (χ1v) is 9.87. The molecule has 0 unspecified atom stereocenters. The van der Waals surface area contributed by atoms with Gasteiger partial charge in [-0.1, -0.05) is 17.7 Å². The van der Waals surface area contributed by atoms with Gasteiger partial charge in [-0.05, 0) is 48.9 Å². The second-order valence-electron chi connectivity index (χ2n) is 6.87. The smallest absolute Gasteiger partial charge is 0.227 e. The van der Waals surface area contributed by atoms with E-state index in [0.29, 0.717) is 35.2 Å². The molecule has 7 heteroatoms. The Morgan fingerprint density at radius 1 is 1.21 bits per heavy atom. The first kappa shape index (κ1) is 19.2. The van der Waals surface area contributed by atoms with E-state index in [-0.39, 0.29) is 18.2 Å². The van der Waals surface area contributed by atoms with Crippen molar-refractivity contribution in [1.82, 2.24) is 4.98 Å². The molecule has 0 aliphatic carbocycles. The van der Waals surface area contributed by atoms with Crippen LogP contribution in [0.3, 0.4) is 0 Å². The van der Waals surface area contributed by atoms with E-state index < -0.39 is 0 Å². The number of oxazole rings is 1. The molecule has 2 aromatic carbocycles. The third kappa shape index (κ3) is 4.66. The minimum absolute atomic E-state index is 0.119. The Bertz CT molecular complexity index is 1030. The molecule has 0 saturated carbocycles. The first-order chi connectivity index (χ1) is 14.1. The van der Waals surface area contributed by atoms with Gasteiger partial charge in [0.2, 0.25) is 11.8 Å². The third-order valence-electron chi connectivity index (χ3n) is 4.76. The van der Waals surface area contributed by atoms with Crippen LogP contribution in [0.2, 0.25) is 5.02 Å². The number of amides is 2. The van der Waals surface area contributed by atoms with E-state index in [0.717, 1.165) is 24.2 Å². The van der Waals surface area contributed by atoms with Crippen LogP contribution in [0, 0.1) is 0 Å². The highest BCUT2D eigenvalue weighted by Gasteiger charge is 2.21. The van der Waals surface area contributed by atoms with Crippen LogP contribution in [0.15, 0.2) is 59.1 Å². The molecule has 1 saturated heterocycles. The number of aryl methyl sites for hydroxylation is 1. The lowest BCUT2D eigenvalue weighted by molar-refractivity contribution is -0.117. The summed E-state index contributed by atoms with van der Waals surface area (Å²) in [7, 11) is 0. The van der Waals surface area contributed by atoms with Gasteiger partial charge in [-0.3, -0.25) is 9.59 Å². The van der Waals surface area contributed by atoms with Crippen molar-refractivity contribution in [2.24, 2.45) is 0 Å². The molecule has 1 fully saturated rings. The number of halogens is 1. The average molecular weight is 410 g/mol. The van der Waals surface area contributed by atoms with Gasteiger partial charge >= 0.3 is 0 Å². The summed E-state index contributed by atoms with van der Waals surface area (Å²) in [6, 6.07) is 14.6. The number of benzene rings is 2. The molecule has 148 valence electrons. The topological polar surface area (TPSA) is 75.4 Å². The summed E-state index contributed by atoms with van der Waals surface area (Å²) in [6.45, 7) is 0.719. The molecular formula is C22H20ClN3O3. The van der Waals surface area contributed by atoms with E-state index in [1.165, 1.54) is 0 Å². The lowest BCUT2D eigenvalue weighted by atomic mass is 10.2. The van der Waals surface area contributed by atoms with Crippen molar-refractivity contribution in [2.75, 3.05) is 16.8 Å². The van der Waals surface area contributed by atoms with Gasteiger partial charge in [0.25, 0.3) is 0 Å². The monoisotopic (exact) mass is 409 g/mol. The van der Waals surface area contributed by atoms with E-state index in [1.807, 2.05) is 36.4 Å². The Kier molecular flexibility index (Phi) is 5.62. The molecule has 2 heterocycles. The fourth-order valence-corrected chi connectivity index (χ4v) is 3.42. The molecule has 1 N–H and O–H groups in total. The number of rotatable bonds is 6. The van der Waals surface area contributed by atoms with E-state index in [2.05, 4.69) is 10.3 Å². The number of aromatic nitrogens is 1. The molecule has 4 rings (SSSR count). The highest BCUT2D eigenvalue weighted by molar-refractivity contribution is 6.30. The number of nitrogens with one attached hydrogen (secondary N) is 1. The van der Waals surface area contributed by atoms with Gasteiger partial charge in [-0.2, -0.15) is 0 Å². The first-order valence-electron chi connectivity index (χ1n) is 9.49. The third-order valence-corrected chi connectivity index (χ3v) is 5.02. The summed E-state index contributed by atoms with van der Waals surface area (Å²) >= 11 is 5.90. The summed E-state index contributed by atoms with van der Waals surface area (Å²) in [4.78, 5) is 30.2. The second-order valence-corrected chi connectivity index (χ2v) is 7.31. The van der Waals surface area contributed by atoms with Crippen molar-refractivity contribution in [2.45, 2.75) is 25.7 Å². The molecule has 1 aromatic heterocycles. The zero-order valence-corrected chi connectivity index (χ0v) is 16.5. The van der Waals surface area contributed by atoms with Crippen LogP contribution in [-0.2, 0) is 16.0 Å². The Hall–Kier alpha value is -3.12. The van der Waals surface area contributed by atoms with Gasteiger partial charge in [0.15, 0.2) is 11.7 Å². The maximum Gasteiger partial charge on any atom is 0.227 e. The van der Waals surface area contributed by atoms with Gasteiger partial charge in [0.1, 0.15) is 0 Å². The predicted octanol–water partition coefficient (Wildman–Crippen LogP) is 4.69. The summed E-state index contributed by atoms with van der Waals surface area (Å²) in [5, 5.41) is 3.53. The minimum atomic E-state index is -0.138. The quantitative estimate of drug-likeness (QED) is 0.640. The summed E-state index contributed by atoms with van der Waals surface area (Å²) in [5.41, 5.74) is 2.36. The molecular weight excluding hydrogens is 390 g/mol. The SMILES string of the molecule is O=C(CCc1ncc(-c2ccc(Cl)cc2)o1)Nc1cccc(N2CCCC2=O)c1. The molecule has 6 nitrogen and oxygen atoms in total. The van der Waals surface area contributed by atoms with Gasteiger partial charge < -0.3 is 14.6 Å². The number of hydrogen-bond acceptors (Lipinski definition) is 4. The van der Waals surface area contributed by atoms with Crippen LogP contribution in [0.4, 0.5) is 11.4 Å². The molecule has 1 aliphatic heterocycles. The van der Waals surface area contributed by atoms with Crippen LogP contribution in [0.1, 0.15) is 25.2 Å². The molecule has 0 atom stereocenters. The lowest BCUT2D eigenvalue weighted by Crippen LogP contribution is -2.23. The number of carbonyl (C=O) groups is 2. The lowest BCUT2D eigenvalue weighted by Gasteiger charge is -2.16. The number of anilines is 2. The van der Waals surface area contributed by atoms with Crippen molar-refractivity contribution in [3.63, 3.8) is 0 Å². The summed E-state index contributed by atoms with van der Waals surface area (Å²) in [5.74, 6) is 1.12. The van der Waals surface area contributed by atoms with Crippen molar-refractivity contribution in [3.8, 4) is 11.3 Å². The highest BCUT2D eigenvalue weighted by Crippen LogP contribution is 2.25. The zero-order valence-electron chi connectivity index (χ0n) is 15.7. The second kappa shape index (κ2) is 8.49. The van der Waals surface area contributed by atoms with Gasteiger partial charge in [0.05, 0.1) is 6.20 Å². The summed E-state index contributed by atoms with van der Waals surface area (Å²) in [6.07, 6.45) is 3.72. The van der Waals surface area contributed by atoms with Crippen LogP contribution in [-0.4, -0.2) is 23.3 Å². The molecule has 2 amide bonds. The zero-order chi connectivity index (χ0) is 20.2. The Morgan fingerprint density at radius 2 is 2.03 bits per heavy atom. The molecule has 0 radical (unpaired) electrons. The number of hydrogen-bond donors (Lipinski definition) is 1. The van der Waals surface area contributed by atoms with Crippen molar-refractivity contribution < 1.29 is 14.0 Å². The maximum absolute atomic E-state index is 12.3. The van der Waals surface area contributed by atoms with Crippen LogP contribution in [0.5, 0.6) is 0 Å². The normalized spacial score (nSPS) is 13.7. The number of carbonyl (C=O) groups excluding carboxylic acids is 2. The van der Waals surface area contributed by atoms with Gasteiger partial charge in [-0.25, -0.2) is 4.98 Å². The average Bonchev–Trinajstić information content (AvgIpc) is 3.36. The van der Waals surface area contributed by atoms with Crippen LogP contribution in [0.25, 0.3) is 11.3 Å². The van der Waals surface area contributed by atoms with Crippen LogP contribution >= 0.6 is 11.6 Å². The predicted molar refractivity (Wildman–Crippen MR) is 112 cm³/mol. The van der Waals surface area contributed by atoms with Crippen molar-refractivity contribution in [3.05, 3.63) is 65.6 Å². The molecule has 3 aromatic rings. The number of nitrogens with zero attached hydrogens (tertiary/aromatic N) is 2.